The number of imidazole rings is 1. The van der Waals surface area contributed by atoms with E-state index in [1.54, 1.807) is 12.4 Å². The molecular formula is C14H18N4O. The number of aromatic nitrogens is 2. The van der Waals surface area contributed by atoms with E-state index in [2.05, 4.69) is 15.3 Å². The lowest BCUT2D eigenvalue weighted by Gasteiger charge is -2.04. The number of rotatable bonds is 5. The molecule has 0 fully saturated rings. The molecule has 1 amide bonds. The molecule has 0 atom stereocenters. The summed E-state index contributed by atoms with van der Waals surface area (Å²) in [5.74, 6) is -0.0773. The molecule has 1 aromatic heterocycles. The van der Waals surface area contributed by atoms with Crippen molar-refractivity contribution in [1.82, 2.24) is 20.2 Å². The van der Waals surface area contributed by atoms with E-state index < -0.39 is 0 Å². The van der Waals surface area contributed by atoms with Crippen LogP contribution in [-0.2, 0) is 11.3 Å². The molecule has 0 saturated carbocycles. The third-order valence-corrected chi connectivity index (χ3v) is 2.69. The van der Waals surface area contributed by atoms with Crippen LogP contribution in [-0.4, -0.2) is 41.4 Å². The Balaban J connectivity index is 1.87. The predicted octanol–water partition coefficient (Wildman–Crippen LogP) is 1.30. The Kier molecular flexibility index (Phi) is 4.30. The molecule has 0 aliphatic heterocycles. The number of nitrogens with zero attached hydrogens (tertiary/aromatic N) is 2. The molecule has 100 valence electrons. The van der Waals surface area contributed by atoms with Crippen LogP contribution in [0.4, 0.5) is 0 Å². The fourth-order valence-corrected chi connectivity index (χ4v) is 1.71. The molecule has 0 bridgehead atoms. The molecule has 1 heterocycles. The maximum atomic E-state index is 11.6. The maximum absolute atomic E-state index is 11.6. The summed E-state index contributed by atoms with van der Waals surface area (Å²) in [6.45, 7) is 1.27. The van der Waals surface area contributed by atoms with Crippen LogP contribution in [0, 0.1) is 0 Å². The molecule has 5 heteroatoms. The van der Waals surface area contributed by atoms with Crippen LogP contribution in [0.3, 0.4) is 0 Å². The number of benzene rings is 1. The van der Waals surface area contributed by atoms with E-state index >= 15 is 0 Å². The molecule has 2 rings (SSSR count). The molecule has 0 aliphatic rings. The van der Waals surface area contributed by atoms with Gasteiger partial charge in [-0.15, -0.1) is 0 Å². The van der Waals surface area contributed by atoms with Gasteiger partial charge < -0.3 is 15.2 Å². The molecule has 2 aromatic rings. The number of hydrogen-bond donors (Lipinski definition) is 2. The average Bonchev–Trinajstić information content (AvgIpc) is 2.83. The largest absolute Gasteiger partial charge is 0.348 e. The summed E-state index contributed by atoms with van der Waals surface area (Å²) in [5.41, 5.74) is 2.96. The van der Waals surface area contributed by atoms with Crippen LogP contribution in [0.25, 0.3) is 11.0 Å². The van der Waals surface area contributed by atoms with Crippen molar-refractivity contribution in [3.05, 3.63) is 42.2 Å². The highest BCUT2D eigenvalue weighted by Crippen LogP contribution is 2.11. The molecule has 0 spiro atoms. The van der Waals surface area contributed by atoms with Crippen LogP contribution in [0.1, 0.15) is 5.56 Å². The van der Waals surface area contributed by atoms with Gasteiger partial charge in [0.2, 0.25) is 5.91 Å². The molecule has 5 nitrogen and oxygen atoms in total. The normalized spacial score (nSPS) is 11.5. The number of likely N-dealkylation sites (N-methyl/N-ethyl adjacent to an activating group) is 1. The Hall–Kier alpha value is -2.14. The molecule has 1 aromatic carbocycles. The zero-order valence-corrected chi connectivity index (χ0v) is 11.2. The van der Waals surface area contributed by atoms with E-state index in [1.807, 2.05) is 43.3 Å². The number of carbonyl (C=O) groups excluding carboxylic acids is 1. The highest BCUT2D eigenvalue weighted by atomic mass is 16.1. The van der Waals surface area contributed by atoms with E-state index in [-0.39, 0.29) is 5.91 Å². The van der Waals surface area contributed by atoms with Gasteiger partial charge >= 0.3 is 0 Å². The molecule has 19 heavy (non-hydrogen) atoms. The number of amides is 1. The van der Waals surface area contributed by atoms with Crippen LogP contribution >= 0.6 is 0 Å². The first kappa shape index (κ1) is 13.3. The highest BCUT2D eigenvalue weighted by molar-refractivity contribution is 5.87. The summed E-state index contributed by atoms with van der Waals surface area (Å²) in [4.78, 5) is 20.8. The zero-order valence-electron chi connectivity index (χ0n) is 11.2. The lowest BCUT2D eigenvalue weighted by atomic mass is 10.2. The second kappa shape index (κ2) is 6.15. The lowest BCUT2D eigenvalue weighted by Crippen LogP contribution is -2.21. The quantitative estimate of drug-likeness (QED) is 0.795. The zero-order chi connectivity index (χ0) is 13.7. The topological polar surface area (TPSA) is 61.0 Å². The Bertz CT molecular complexity index is 586. The third-order valence-electron chi connectivity index (χ3n) is 2.69. The minimum Gasteiger partial charge on any atom is -0.348 e. The summed E-state index contributed by atoms with van der Waals surface area (Å²) in [6.07, 6.45) is 5.07. The van der Waals surface area contributed by atoms with Crippen molar-refractivity contribution in [2.45, 2.75) is 6.54 Å². The number of carbonyl (C=O) groups is 1. The van der Waals surface area contributed by atoms with E-state index in [0.717, 1.165) is 23.1 Å². The van der Waals surface area contributed by atoms with E-state index in [0.29, 0.717) is 6.54 Å². The van der Waals surface area contributed by atoms with Crippen molar-refractivity contribution in [2.24, 2.45) is 0 Å². The number of fused-ring (bicyclic) bond motifs is 1. The van der Waals surface area contributed by atoms with Gasteiger partial charge in [-0.2, -0.15) is 0 Å². The van der Waals surface area contributed by atoms with Crippen molar-refractivity contribution in [1.29, 1.82) is 0 Å². The van der Waals surface area contributed by atoms with Gasteiger partial charge in [0.1, 0.15) is 0 Å². The summed E-state index contributed by atoms with van der Waals surface area (Å²) in [5, 5.41) is 2.85. The number of H-pyrrole nitrogens is 1. The Morgan fingerprint density at radius 1 is 1.47 bits per heavy atom. The smallest absolute Gasteiger partial charge is 0.243 e. The van der Waals surface area contributed by atoms with Gasteiger partial charge in [-0.25, -0.2) is 4.98 Å². The number of hydrogen-bond acceptors (Lipinski definition) is 3. The first-order valence-electron chi connectivity index (χ1n) is 6.16. The second-order valence-electron chi connectivity index (χ2n) is 4.64. The van der Waals surface area contributed by atoms with Gasteiger partial charge in [0.25, 0.3) is 0 Å². The summed E-state index contributed by atoms with van der Waals surface area (Å²) < 4.78 is 0. The Morgan fingerprint density at radius 2 is 2.32 bits per heavy atom. The molecule has 2 N–H and O–H groups in total. The molecule has 0 saturated heterocycles. The molecule has 0 unspecified atom stereocenters. The standard InChI is InChI=1S/C14H18N4O/c1-18(2)7-3-4-14(19)15-9-11-5-6-12-13(8-11)17-10-16-12/h3-6,8,10H,7,9H2,1-2H3,(H,15,19)(H,16,17)/b4-3+. The first-order chi connectivity index (χ1) is 9.15. The second-order valence-corrected chi connectivity index (χ2v) is 4.64. The highest BCUT2D eigenvalue weighted by Gasteiger charge is 2.00. The van der Waals surface area contributed by atoms with Gasteiger partial charge in [-0.3, -0.25) is 4.79 Å². The maximum Gasteiger partial charge on any atom is 0.243 e. The molecule has 0 aliphatic carbocycles. The van der Waals surface area contributed by atoms with Crippen LogP contribution in [0.2, 0.25) is 0 Å². The van der Waals surface area contributed by atoms with Crippen molar-refractivity contribution in [2.75, 3.05) is 20.6 Å². The number of nitrogens with one attached hydrogen (secondary N) is 2. The van der Waals surface area contributed by atoms with E-state index in [1.165, 1.54) is 0 Å². The molecule has 0 radical (unpaired) electrons. The van der Waals surface area contributed by atoms with Gasteiger partial charge in [0, 0.05) is 19.2 Å². The van der Waals surface area contributed by atoms with Crippen LogP contribution in [0.15, 0.2) is 36.7 Å². The van der Waals surface area contributed by atoms with E-state index in [4.69, 9.17) is 0 Å². The summed E-state index contributed by atoms with van der Waals surface area (Å²) in [7, 11) is 3.92. The van der Waals surface area contributed by atoms with E-state index in [9.17, 15) is 4.79 Å². The number of aromatic amines is 1. The third kappa shape index (κ3) is 3.93. The van der Waals surface area contributed by atoms with Gasteiger partial charge in [0.15, 0.2) is 0 Å². The van der Waals surface area contributed by atoms with Crippen molar-refractivity contribution >= 4 is 16.9 Å². The van der Waals surface area contributed by atoms with Crippen LogP contribution < -0.4 is 5.32 Å². The fourth-order valence-electron chi connectivity index (χ4n) is 1.71. The lowest BCUT2D eigenvalue weighted by molar-refractivity contribution is -0.116. The van der Waals surface area contributed by atoms with Crippen LogP contribution in [0.5, 0.6) is 0 Å². The minimum atomic E-state index is -0.0773. The summed E-state index contributed by atoms with van der Waals surface area (Å²) >= 11 is 0. The van der Waals surface area contributed by atoms with Gasteiger partial charge in [0.05, 0.1) is 17.4 Å². The summed E-state index contributed by atoms with van der Waals surface area (Å²) in [6, 6.07) is 5.90. The fraction of sp³-hybridized carbons (Fsp3) is 0.286. The monoisotopic (exact) mass is 258 g/mol. The minimum absolute atomic E-state index is 0.0773. The average molecular weight is 258 g/mol. The SMILES string of the molecule is CN(C)C/C=C/C(=O)NCc1ccc2nc[nH]c2c1. The Labute approximate surface area is 112 Å². The first-order valence-corrected chi connectivity index (χ1v) is 6.16. The van der Waals surface area contributed by atoms with Crippen molar-refractivity contribution in [3.63, 3.8) is 0 Å². The van der Waals surface area contributed by atoms with Gasteiger partial charge in [-0.1, -0.05) is 12.1 Å². The molecular weight excluding hydrogens is 240 g/mol. The van der Waals surface area contributed by atoms with Crippen molar-refractivity contribution < 1.29 is 4.79 Å². The van der Waals surface area contributed by atoms with Gasteiger partial charge in [-0.05, 0) is 31.8 Å². The predicted molar refractivity (Wildman–Crippen MR) is 75.6 cm³/mol. The Morgan fingerprint density at radius 3 is 3.11 bits per heavy atom. The van der Waals surface area contributed by atoms with Crippen molar-refractivity contribution in [3.8, 4) is 0 Å².